The third-order valence-corrected chi connectivity index (χ3v) is 6.62. The van der Waals surface area contributed by atoms with Gasteiger partial charge in [0.15, 0.2) is 0 Å². The van der Waals surface area contributed by atoms with Crippen LogP contribution in [0.1, 0.15) is 12.0 Å². The van der Waals surface area contributed by atoms with Crippen LogP contribution in [0.5, 0.6) is 0 Å². The molecule has 0 fully saturated rings. The molecule has 0 radical (unpaired) electrons. The SMILES string of the molecule is CO[Si](CCCN(C)CCNC=Cc1ccccc1)(OC)OC. The van der Waals surface area contributed by atoms with Crippen molar-refractivity contribution in [3.05, 3.63) is 42.1 Å². The lowest BCUT2D eigenvalue weighted by Gasteiger charge is -2.25. The number of hydrogen-bond acceptors (Lipinski definition) is 5. The van der Waals surface area contributed by atoms with Crippen LogP contribution in [0.4, 0.5) is 0 Å². The van der Waals surface area contributed by atoms with E-state index in [1.54, 1.807) is 21.3 Å². The topological polar surface area (TPSA) is 43.0 Å². The Morgan fingerprint density at radius 2 is 1.70 bits per heavy atom. The van der Waals surface area contributed by atoms with E-state index >= 15 is 0 Å². The number of hydrogen-bond donors (Lipinski definition) is 1. The normalized spacial score (nSPS) is 12.2. The zero-order valence-corrected chi connectivity index (χ0v) is 15.7. The van der Waals surface area contributed by atoms with Gasteiger partial charge in [-0.2, -0.15) is 0 Å². The summed E-state index contributed by atoms with van der Waals surface area (Å²) in [7, 11) is 4.68. The number of rotatable bonds is 12. The lowest BCUT2D eigenvalue weighted by atomic mass is 10.2. The molecule has 0 aliphatic rings. The van der Waals surface area contributed by atoms with E-state index in [9.17, 15) is 0 Å². The molecule has 0 spiro atoms. The third-order valence-electron chi connectivity index (χ3n) is 3.79. The summed E-state index contributed by atoms with van der Waals surface area (Å²) >= 11 is 0. The van der Waals surface area contributed by atoms with Gasteiger partial charge >= 0.3 is 8.80 Å². The first-order valence-electron chi connectivity index (χ1n) is 7.95. The minimum absolute atomic E-state index is 0.835. The smallest absolute Gasteiger partial charge is 0.390 e. The number of nitrogens with zero attached hydrogens (tertiary/aromatic N) is 1. The average molecular weight is 339 g/mol. The Hall–Kier alpha value is -1.18. The molecule has 0 aliphatic heterocycles. The van der Waals surface area contributed by atoms with E-state index in [-0.39, 0.29) is 0 Å². The van der Waals surface area contributed by atoms with Crippen molar-refractivity contribution in [3.63, 3.8) is 0 Å². The van der Waals surface area contributed by atoms with E-state index in [4.69, 9.17) is 13.3 Å². The first-order chi connectivity index (χ1) is 11.2. The molecule has 0 aromatic heterocycles. The highest BCUT2D eigenvalue weighted by molar-refractivity contribution is 6.60. The summed E-state index contributed by atoms with van der Waals surface area (Å²) in [5.74, 6) is 0. The number of likely N-dealkylation sites (N-methyl/N-ethyl adjacent to an activating group) is 1. The van der Waals surface area contributed by atoms with Gasteiger partial charge in [-0.15, -0.1) is 0 Å². The van der Waals surface area contributed by atoms with Crippen LogP contribution in [0.25, 0.3) is 6.08 Å². The summed E-state index contributed by atoms with van der Waals surface area (Å²) in [6.07, 6.45) is 5.08. The van der Waals surface area contributed by atoms with Crippen molar-refractivity contribution in [1.29, 1.82) is 0 Å². The summed E-state index contributed by atoms with van der Waals surface area (Å²) in [4.78, 5) is 2.30. The summed E-state index contributed by atoms with van der Waals surface area (Å²) in [6.45, 7) is 2.90. The maximum Gasteiger partial charge on any atom is 0.500 e. The average Bonchev–Trinajstić information content (AvgIpc) is 2.60. The quantitative estimate of drug-likeness (QED) is 0.468. The van der Waals surface area contributed by atoms with Crippen LogP contribution in [0.2, 0.25) is 6.04 Å². The predicted molar refractivity (Wildman–Crippen MR) is 97.2 cm³/mol. The largest absolute Gasteiger partial charge is 0.500 e. The van der Waals surface area contributed by atoms with Gasteiger partial charge in [-0.3, -0.25) is 0 Å². The Bertz CT molecular complexity index is 430. The van der Waals surface area contributed by atoms with E-state index in [1.165, 1.54) is 5.56 Å². The zero-order valence-electron chi connectivity index (χ0n) is 14.7. The Morgan fingerprint density at radius 3 is 2.30 bits per heavy atom. The van der Waals surface area contributed by atoms with Gasteiger partial charge in [-0.25, -0.2) is 0 Å². The Kier molecular flexibility index (Phi) is 9.82. The molecule has 6 heteroatoms. The highest BCUT2D eigenvalue weighted by Gasteiger charge is 2.36. The van der Waals surface area contributed by atoms with Gasteiger partial charge in [0.1, 0.15) is 0 Å². The fourth-order valence-electron chi connectivity index (χ4n) is 2.29. The molecular formula is C17H30N2O3Si. The van der Waals surface area contributed by atoms with E-state index < -0.39 is 8.80 Å². The Morgan fingerprint density at radius 1 is 1.04 bits per heavy atom. The van der Waals surface area contributed by atoms with Crippen LogP contribution >= 0.6 is 0 Å². The van der Waals surface area contributed by atoms with Crippen molar-refractivity contribution in [1.82, 2.24) is 10.2 Å². The van der Waals surface area contributed by atoms with Crippen LogP contribution in [-0.2, 0) is 13.3 Å². The van der Waals surface area contributed by atoms with E-state index in [2.05, 4.69) is 35.5 Å². The van der Waals surface area contributed by atoms with Gasteiger partial charge in [-0.1, -0.05) is 30.3 Å². The number of nitrogens with one attached hydrogen (secondary N) is 1. The van der Waals surface area contributed by atoms with Crippen LogP contribution in [-0.4, -0.2) is 61.7 Å². The number of benzene rings is 1. The molecule has 0 saturated heterocycles. The van der Waals surface area contributed by atoms with Crippen LogP contribution in [0.3, 0.4) is 0 Å². The van der Waals surface area contributed by atoms with Crippen molar-refractivity contribution in [3.8, 4) is 0 Å². The van der Waals surface area contributed by atoms with Gasteiger partial charge in [-0.05, 0) is 37.9 Å². The Labute approximate surface area is 141 Å². The van der Waals surface area contributed by atoms with Crippen LogP contribution < -0.4 is 5.32 Å². The second-order valence-electron chi connectivity index (χ2n) is 5.40. The van der Waals surface area contributed by atoms with Crippen molar-refractivity contribution >= 4 is 14.9 Å². The lowest BCUT2D eigenvalue weighted by molar-refractivity contribution is 0.122. The monoisotopic (exact) mass is 338 g/mol. The molecule has 23 heavy (non-hydrogen) atoms. The van der Waals surface area contributed by atoms with E-state index in [0.29, 0.717) is 0 Å². The fraction of sp³-hybridized carbons (Fsp3) is 0.529. The highest BCUT2D eigenvalue weighted by atomic mass is 28.4. The van der Waals surface area contributed by atoms with Gasteiger partial charge in [0.2, 0.25) is 0 Å². The first kappa shape index (κ1) is 19.9. The second-order valence-corrected chi connectivity index (χ2v) is 8.49. The molecule has 0 aliphatic carbocycles. The first-order valence-corrected chi connectivity index (χ1v) is 9.88. The minimum Gasteiger partial charge on any atom is -0.390 e. The van der Waals surface area contributed by atoms with Gasteiger partial charge in [0.05, 0.1) is 0 Å². The highest BCUT2D eigenvalue weighted by Crippen LogP contribution is 2.14. The molecular weight excluding hydrogens is 308 g/mol. The lowest BCUT2D eigenvalue weighted by Crippen LogP contribution is -2.43. The van der Waals surface area contributed by atoms with Crippen molar-refractivity contribution in [2.75, 3.05) is 48.0 Å². The molecule has 5 nitrogen and oxygen atoms in total. The summed E-state index contributed by atoms with van der Waals surface area (Å²) in [6, 6.07) is 11.1. The fourth-order valence-corrected chi connectivity index (χ4v) is 4.00. The summed E-state index contributed by atoms with van der Waals surface area (Å²) in [5, 5.41) is 3.32. The zero-order chi connectivity index (χ0) is 17.0. The van der Waals surface area contributed by atoms with Crippen molar-refractivity contribution in [2.45, 2.75) is 12.5 Å². The second kappa shape index (κ2) is 11.4. The van der Waals surface area contributed by atoms with Crippen molar-refractivity contribution in [2.24, 2.45) is 0 Å². The standard InChI is InChI=1S/C17H30N2O3Si/c1-19(14-8-16-23(20-2,21-3)22-4)15-13-18-12-11-17-9-6-5-7-10-17/h5-7,9-12,18H,8,13-16H2,1-4H3. The van der Waals surface area contributed by atoms with Gasteiger partial charge < -0.3 is 23.5 Å². The summed E-state index contributed by atoms with van der Waals surface area (Å²) in [5.41, 5.74) is 1.20. The van der Waals surface area contributed by atoms with Gasteiger partial charge in [0.25, 0.3) is 0 Å². The van der Waals surface area contributed by atoms with E-state index in [0.717, 1.165) is 32.1 Å². The molecule has 1 aromatic rings. The molecule has 0 atom stereocenters. The molecule has 1 N–H and O–H groups in total. The maximum absolute atomic E-state index is 5.43. The molecule has 1 aromatic carbocycles. The summed E-state index contributed by atoms with van der Waals surface area (Å²) < 4.78 is 16.3. The van der Waals surface area contributed by atoms with Crippen LogP contribution in [0.15, 0.2) is 36.5 Å². The molecule has 0 unspecified atom stereocenters. The molecule has 0 saturated carbocycles. The van der Waals surface area contributed by atoms with Crippen LogP contribution in [0, 0.1) is 0 Å². The molecule has 0 heterocycles. The molecule has 0 bridgehead atoms. The molecule has 1 rings (SSSR count). The van der Waals surface area contributed by atoms with E-state index in [1.807, 2.05) is 24.4 Å². The van der Waals surface area contributed by atoms with Gasteiger partial charge in [0, 0.05) is 40.5 Å². The predicted octanol–water partition coefficient (Wildman–Crippen LogP) is 2.45. The minimum atomic E-state index is -2.42. The molecule has 130 valence electrons. The molecule has 0 amide bonds. The Balaban J connectivity index is 2.15. The van der Waals surface area contributed by atoms with Crippen molar-refractivity contribution < 1.29 is 13.3 Å². The third kappa shape index (κ3) is 7.76. The maximum atomic E-state index is 5.43.